The molecule has 1 aliphatic heterocycles. The Morgan fingerprint density at radius 2 is 2.07 bits per heavy atom. The number of carbonyl (C=O) groups is 2. The molecular weight excluding hydrogens is 194 g/mol. The van der Waals surface area contributed by atoms with E-state index in [-0.39, 0.29) is 11.9 Å². The molecule has 0 spiro atoms. The highest BCUT2D eigenvalue weighted by atomic mass is 16.2. The van der Waals surface area contributed by atoms with Gasteiger partial charge in [-0.2, -0.15) is 0 Å². The summed E-state index contributed by atoms with van der Waals surface area (Å²) in [6, 6.07) is -0.122. The van der Waals surface area contributed by atoms with Crippen molar-refractivity contribution in [2.45, 2.75) is 38.3 Å². The summed E-state index contributed by atoms with van der Waals surface area (Å²) in [7, 11) is 1.91. The molecular formula is C10H19N3O2. The number of hydrogen-bond donors (Lipinski definition) is 2. The first-order valence-corrected chi connectivity index (χ1v) is 5.17. The molecule has 1 heterocycles. The zero-order valence-electron chi connectivity index (χ0n) is 9.54. The standard InChI is InChI=1S/C10H19N3O2/c1-10(2,9(11)15)12-8(14)7-5-4-6-13(7)3/h7H,4-6H2,1-3H3,(H2,11,15)(H,12,14)/t7-/m0/s1. The summed E-state index contributed by atoms with van der Waals surface area (Å²) in [5.41, 5.74) is 4.21. The molecule has 0 aromatic carbocycles. The van der Waals surface area contributed by atoms with Crippen LogP contribution in [0.2, 0.25) is 0 Å². The number of hydrogen-bond acceptors (Lipinski definition) is 3. The van der Waals surface area contributed by atoms with E-state index in [1.54, 1.807) is 13.8 Å². The molecule has 0 unspecified atom stereocenters. The van der Waals surface area contributed by atoms with Gasteiger partial charge in [0.1, 0.15) is 5.54 Å². The minimum atomic E-state index is -0.972. The van der Waals surface area contributed by atoms with E-state index in [9.17, 15) is 9.59 Å². The largest absolute Gasteiger partial charge is 0.368 e. The summed E-state index contributed by atoms with van der Waals surface area (Å²) < 4.78 is 0. The second-order valence-corrected chi connectivity index (χ2v) is 4.62. The molecule has 1 saturated heterocycles. The van der Waals surface area contributed by atoms with Gasteiger partial charge >= 0.3 is 0 Å². The zero-order valence-corrected chi connectivity index (χ0v) is 9.54. The number of primary amides is 1. The number of nitrogens with one attached hydrogen (secondary N) is 1. The number of likely N-dealkylation sites (tertiary alicyclic amines) is 1. The first kappa shape index (κ1) is 12.0. The molecule has 0 saturated carbocycles. The minimum Gasteiger partial charge on any atom is -0.368 e. The molecule has 0 bridgehead atoms. The summed E-state index contributed by atoms with van der Waals surface area (Å²) in [5.74, 6) is -0.629. The molecule has 1 rings (SSSR count). The monoisotopic (exact) mass is 213 g/mol. The number of amides is 2. The van der Waals surface area contributed by atoms with E-state index in [0.29, 0.717) is 0 Å². The fourth-order valence-corrected chi connectivity index (χ4v) is 1.69. The Balaban J connectivity index is 2.59. The van der Waals surface area contributed by atoms with Crippen molar-refractivity contribution in [1.82, 2.24) is 10.2 Å². The normalized spacial score (nSPS) is 22.7. The Morgan fingerprint density at radius 1 is 1.47 bits per heavy atom. The first-order chi connectivity index (χ1) is 6.84. The van der Waals surface area contributed by atoms with Gasteiger partial charge in [-0.05, 0) is 40.3 Å². The Labute approximate surface area is 90.0 Å². The quantitative estimate of drug-likeness (QED) is 0.661. The van der Waals surface area contributed by atoms with Crippen LogP contribution in [0.5, 0.6) is 0 Å². The van der Waals surface area contributed by atoms with Gasteiger partial charge in [-0.25, -0.2) is 0 Å². The summed E-state index contributed by atoms with van der Waals surface area (Å²) in [6.07, 6.45) is 1.86. The van der Waals surface area contributed by atoms with Crippen molar-refractivity contribution in [3.05, 3.63) is 0 Å². The van der Waals surface area contributed by atoms with Crippen LogP contribution in [-0.2, 0) is 9.59 Å². The highest BCUT2D eigenvalue weighted by Crippen LogP contribution is 2.15. The Kier molecular flexibility index (Phi) is 3.34. The first-order valence-electron chi connectivity index (χ1n) is 5.17. The number of likely N-dealkylation sites (N-methyl/N-ethyl adjacent to an activating group) is 1. The van der Waals surface area contributed by atoms with E-state index in [1.807, 2.05) is 11.9 Å². The Hall–Kier alpha value is -1.10. The molecule has 0 aromatic heterocycles. The fraction of sp³-hybridized carbons (Fsp3) is 0.800. The third-order valence-corrected chi connectivity index (χ3v) is 2.87. The maximum Gasteiger partial charge on any atom is 0.242 e. The van der Waals surface area contributed by atoms with Crippen LogP contribution in [0.3, 0.4) is 0 Å². The van der Waals surface area contributed by atoms with E-state index in [0.717, 1.165) is 19.4 Å². The van der Waals surface area contributed by atoms with Gasteiger partial charge in [0.05, 0.1) is 6.04 Å². The molecule has 3 N–H and O–H groups in total. The third-order valence-electron chi connectivity index (χ3n) is 2.87. The SMILES string of the molecule is CN1CCC[C@H]1C(=O)NC(C)(C)C(N)=O. The predicted octanol–water partition coefficient (Wildman–Crippen LogP) is -0.539. The maximum atomic E-state index is 11.8. The van der Waals surface area contributed by atoms with Crippen molar-refractivity contribution in [3.8, 4) is 0 Å². The predicted molar refractivity (Wildman–Crippen MR) is 57.1 cm³/mol. The lowest BCUT2D eigenvalue weighted by Gasteiger charge is -2.26. The van der Waals surface area contributed by atoms with Gasteiger partial charge in [0.25, 0.3) is 0 Å². The van der Waals surface area contributed by atoms with Crippen molar-refractivity contribution in [3.63, 3.8) is 0 Å². The fourth-order valence-electron chi connectivity index (χ4n) is 1.69. The van der Waals surface area contributed by atoms with Crippen molar-refractivity contribution in [2.75, 3.05) is 13.6 Å². The van der Waals surface area contributed by atoms with Crippen LogP contribution < -0.4 is 11.1 Å². The second-order valence-electron chi connectivity index (χ2n) is 4.62. The number of carbonyl (C=O) groups excluding carboxylic acids is 2. The van der Waals surface area contributed by atoms with E-state index in [2.05, 4.69) is 5.32 Å². The van der Waals surface area contributed by atoms with Crippen molar-refractivity contribution in [2.24, 2.45) is 5.73 Å². The van der Waals surface area contributed by atoms with Gasteiger partial charge < -0.3 is 11.1 Å². The number of rotatable bonds is 3. The zero-order chi connectivity index (χ0) is 11.6. The molecule has 5 heteroatoms. The van der Waals surface area contributed by atoms with E-state index in [1.165, 1.54) is 0 Å². The van der Waals surface area contributed by atoms with E-state index in [4.69, 9.17) is 5.73 Å². The highest BCUT2D eigenvalue weighted by Gasteiger charge is 2.33. The van der Waals surface area contributed by atoms with Crippen LogP contribution in [0.4, 0.5) is 0 Å². The average molecular weight is 213 g/mol. The smallest absolute Gasteiger partial charge is 0.242 e. The van der Waals surface area contributed by atoms with Gasteiger partial charge in [0, 0.05) is 0 Å². The second kappa shape index (κ2) is 4.18. The molecule has 86 valence electrons. The minimum absolute atomic E-state index is 0.112. The van der Waals surface area contributed by atoms with Crippen LogP contribution in [0.25, 0.3) is 0 Å². The Bertz CT molecular complexity index is 276. The van der Waals surface area contributed by atoms with Gasteiger partial charge in [-0.1, -0.05) is 0 Å². The van der Waals surface area contributed by atoms with Crippen LogP contribution >= 0.6 is 0 Å². The van der Waals surface area contributed by atoms with Crippen LogP contribution in [0, 0.1) is 0 Å². The molecule has 1 aliphatic rings. The van der Waals surface area contributed by atoms with E-state index < -0.39 is 11.4 Å². The molecule has 5 nitrogen and oxygen atoms in total. The highest BCUT2D eigenvalue weighted by molar-refractivity contribution is 5.91. The molecule has 2 amide bonds. The van der Waals surface area contributed by atoms with Crippen LogP contribution in [-0.4, -0.2) is 41.9 Å². The van der Waals surface area contributed by atoms with Gasteiger partial charge in [0.15, 0.2) is 0 Å². The van der Waals surface area contributed by atoms with Crippen molar-refractivity contribution in [1.29, 1.82) is 0 Å². The lowest BCUT2D eigenvalue weighted by Crippen LogP contribution is -2.56. The van der Waals surface area contributed by atoms with Gasteiger partial charge in [-0.3, -0.25) is 14.5 Å². The molecule has 0 aromatic rings. The van der Waals surface area contributed by atoms with Crippen molar-refractivity contribution < 1.29 is 9.59 Å². The third kappa shape index (κ3) is 2.68. The summed E-state index contributed by atoms with van der Waals surface area (Å²) in [4.78, 5) is 24.9. The maximum absolute atomic E-state index is 11.8. The average Bonchev–Trinajstić information content (AvgIpc) is 2.50. The van der Waals surface area contributed by atoms with Crippen LogP contribution in [0.1, 0.15) is 26.7 Å². The topological polar surface area (TPSA) is 75.4 Å². The molecule has 1 atom stereocenters. The van der Waals surface area contributed by atoms with Gasteiger partial charge in [-0.15, -0.1) is 0 Å². The van der Waals surface area contributed by atoms with E-state index >= 15 is 0 Å². The van der Waals surface area contributed by atoms with Crippen LogP contribution in [0.15, 0.2) is 0 Å². The molecule has 0 aliphatic carbocycles. The number of nitrogens with two attached hydrogens (primary N) is 1. The molecule has 1 fully saturated rings. The molecule has 0 radical (unpaired) electrons. The lowest BCUT2D eigenvalue weighted by atomic mass is 10.0. The summed E-state index contributed by atoms with van der Waals surface area (Å²) in [6.45, 7) is 4.15. The summed E-state index contributed by atoms with van der Waals surface area (Å²) in [5, 5.41) is 2.67. The number of nitrogens with zero attached hydrogens (tertiary/aromatic N) is 1. The Morgan fingerprint density at radius 3 is 2.47 bits per heavy atom. The van der Waals surface area contributed by atoms with Crippen molar-refractivity contribution >= 4 is 11.8 Å². The van der Waals surface area contributed by atoms with Gasteiger partial charge in [0.2, 0.25) is 11.8 Å². The molecule has 15 heavy (non-hydrogen) atoms. The lowest BCUT2D eigenvalue weighted by molar-refractivity contribution is -0.132. The summed E-state index contributed by atoms with van der Waals surface area (Å²) >= 11 is 0.